The van der Waals surface area contributed by atoms with Crippen molar-refractivity contribution in [2.24, 2.45) is 0 Å². The summed E-state index contributed by atoms with van der Waals surface area (Å²) in [6.45, 7) is 4.98. The van der Waals surface area contributed by atoms with Crippen LogP contribution in [0.5, 0.6) is 0 Å². The Morgan fingerprint density at radius 1 is 1.19 bits per heavy atom. The van der Waals surface area contributed by atoms with Crippen LogP contribution >= 0.6 is 0 Å². The molecule has 0 amide bonds. The van der Waals surface area contributed by atoms with Crippen molar-refractivity contribution in [1.29, 1.82) is 0 Å². The molecule has 0 saturated heterocycles. The summed E-state index contributed by atoms with van der Waals surface area (Å²) in [5.74, 6) is 0. The van der Waals surface area contributed by atoms with Crippen LogP contribution < -0.4 is 0 Å². The van der Waals surface area contributed by atoms with Gasteiger partial charge in [-0.05, 0) is 26.3 Å². The summed E-state index contributed by atoms with van der Waals surface area (Å²) >= 11 is 0. The van der Waals surface area contributed by atoms with Crippen molar-refractivity contribution in [3.63, 3.8) is 0 Å². The van der Waals surface area contributed by atoms with Crippen molar-refractivity contribution >= 4 is 11.4 Å². The number of hydrogen-bond acceptors (Lipinski definition) is 5. The molecule has 0 aliphatic heterocycles. The summed E-state index contributed by atoms with van der Waals surface area (Å²) in [7, 11) is 0. The second-order valence-corrected chi connectivity index (χ2v) is 4.75. The summed E-state index contributed by atoms with van der Waals surface area (Å²) in [6.07, 6.45) is 0. The molecule has 1 heterocycles. The zero-order valence-corrected chi connectivity index (χ0v) is 11.8. The maximum absolute atomic E-state index is 11.0. The lowest BCUT2D eigenvalue weighted by molar-refractivity contribution is -0.386. The van der Waals surface area contributed by atoms with Gasteiger partial charge in [-0.3, -0.25) is 24.9 Å². The van der Waals surface area contributed by atoms with E-state index in [4.69, 9.17) is 0 Å². The second-order valence-electron chi connectivity index (χ2n) is 4.75. The number of nitrogens with zero attached hydrogens (tertiary/aromatic N) is 4. The van der Waals surface area contributed by atoms with Gasteiger partial charge < -0.3 is 0 Å². The molecule has 0 unspecified atom stereocenters. The predicted octanol–water partition coefficient (Wildman–Crippen LogP) is 2.93. The van der Waals surface area contributed by atoms with Crippen LogP contribution in [-0.4, -0.2) is 19.6 Å². The van der Waals surface area contributed by atoms with Gasteiger partial charge in [0.2, 0.25) is 0 Å². The molecule has 0 N–H and O–H groups in total. The minimum absolute atomic E-state index is 0.0182. The van der Waals surface area contributed by atoms with Crippen LogP contribution in [0.1, 0.15) is 29.9 Å². The lowest BCUT2D eigenvalue weighted by Crippen LogP contribution is -2.10. The fraction of sp³-hybridized carbons (Fsp3) is 0.308. The first-order chi connectivity index (χ1) is 9.82. The molecule has 0 saturated carbocycles. The number of nitro benzene ring substituents is 1. The molecule has 0 radical (unpaired) electrons. The first kappa shape index (κ1) is 14.6. The molecule has 1 aromatic heterocycles. The fourth-order valence-corrected chi connectivity index (χ4v) is 2.33. The van der Waals surface area contributed by atoms with Gasteiger partial charge in [-0.25, -0.2) is 0 Å². The minimum Gasteiger partial charge on any atom is -0.258 e. The molecule has 0 aliphatic carbocycles. The van der Waals surface area contributed by atoms with E-state index in [1.807, 2.05) is 0 Å². The predicted molar refractivity (Wildman–Crippen MR) is 75.3 cm³/mol. The Kier molecular flexibility index (Phi) is 3.70. The molecule has 0 aliphatic rings. The van der Waals surface area contributed by atoms with Crippen molar-refractivity contribution in [2.75, 3.05) is 0 Å². The van der Waals surface area contributed by atoms with E-state index in [1.165, 1.54) is 16.8 Å². The number of non-ortho nitro benzene ring substituents is 1. The number of benzene rings is 1. The summed E-state index contributed by atoms with van der Waals surface area (Å²) in [4.78, 5) is 20.9. The van der Waals surface area contributed by atoms with Gasteiger partial charge in [0.15, 0.2) is 0 Å². The van der Waals surface area contributed by atoms with Crippen LogP contribution in [0.25, 0.3) is 0 Å². The molecular formula is C13H14N4O4. The number of aromatic nitrogens is 2. The number of hydrogen-bond donors (Lipinski definition) is 0. The third kappa shape index (κ3) is 2.60. The van der Waals surface area contributed by atoms with Crippen molar-refractivity contribution in [3.05, 3.63) is 61.4 Å². The maximum atomic E-state index is 11.0. The lowest BCUT2D eigenvalue weighted by Gasteiger charge is -2.14. The van der Waals surface area contributed by atoms with Gasteiger partial charge in [-0.2, -0.15) is 5.10 Å². The molecule has 0 spiro atoms. The summed E-state index contributed by atoms with van der Waals surface area (Å²) in [5.41, 5.74) is 1.39. The molecule has 21 heavy (non-hydrogen) atoms. The molecular weight excluding hydrogens is 276 g/mol. The highest BCUT2D eigenvalue weighted by molar-refractivity contribution is 5.41. The monoisotopic (exact) mass is 290 g/mol. The highest BCUT2D eigenvalue weighted by atomic mass is 16.6. The Morgan fingerprint density at radius 3 is 2.38 bits per heavy atom. The van der Waals surface area contributed by atoms with Gasteiger partial charge in [-0.15, -0.1) is 0 Å². The molecule has 2 rings (SSSR count). The first-order valence-corrected chi connectivity index (χ1v) is 6.27. The molecule has 1 aromatic carbocycles. The van der Waals surface area contributed by atoms with E-state index in [0.29, 0.717) is 17.0 Å². The highest BCUT2D eigenvalue weighted by Crippen LogP contribution is 2.28. The largest absolute Gasteiger partial charge is 0.312 e. The molecule has 8 heteroatoms. The summed E-state index contributed by atoms with van der Waals surface area (Å²) in [6, 6.07) is 5.84. The van der Waals surface area contributed by atoms with Gasteiger partial charge in [0.25, 0.3) is 5.69 Å². The van der Waals surface area contributed by atoms with Crippen molar-refractivity contribution in [1.82, 2.24) is 9.78 Å². The first-order valence-electron chi connectivity index (χ1n) is 6.27. The minimum atomic E-state index is -0.472. The zero-order valence-electron chi connectivity index (χ0n) is 11.8. The number of nitro groups is 2. The average Bonchev–Trinajstić information content (AvgIpc) is 2.73. The smallest absolute Gasteiger partial charge is 0.258 e. The van der Waals surface area contributed by atoms with Gasteiger partial charge in [0, 0.05) is 12.1 Å². The number of aryl methyl sites for hydroxylation is 1. The normalized spacial score (nSPS) is 12.1. The standard InChI is InChI=1S/C13H14N4O4/c1-8-13(17(20)21)10(3)15(14-8)9(2)11-5-4-6-12(7-11)16(18)19/h4-7,9H,1-3H3/t9-/m1/s1. The van der Waals surface area contributed by atoms with E-state index in [0.717, 1.165) is 0 Å². The fourth-order valence-electron chi connectivity index (χ4n) is 2.33. The average molecular weight is 290 g/mol. The molecule has 0 bridgehead atoms. The second kappa shape index (κ2) is 5.31. The van der Waals surface area contributed by atoms with Crippen LogP contribution in [0.15, 0.2) is 24.3 Å². The van der Waals surface area contributed by atoms with Crippen LogP contribution in [-0.2, 0) is 0 Å². The zero-order chi connectivity index (χ0) is 15.7. The van der Waals surface area contributed by atoms with Crippen LogP contribution in [0.4, 0.5) is 11.4 Å². The van der Waals surface area contributed by atoms with E-state index in [9.17, 15) is 20.2 Å². The van der Waals surface area contributed by atoms with E-state index in [2.05, 4.69) is 5.10 Å². The van der Waals surface area contributed by atoms with Crippen LogP contribution in [0.2, 0.25) is 0 Å². The molecule has 110 valence electrons. The van der Waals surface area contributed by atoms with Gasteiger partial charge in [0.1, 0.15) is 11.4 Å². The highest BCUT2D eigenvalue weighted by Gasteiger charge is 2.25. The SMILES string of the molecule is Cc1nn([C@H](C)c2cccc([N+](=O)[O-])c2)c(C)c1[N+](=O)[O-]. The van der Waals surface area contributed by atoms with E-state index < -0.39 is 9.85 Å². The molecule has 8 nitrogen and oxygen atoms in total. The van der Waals surface area contributed by atoms with E-state index in [-0.39, 0.29) is 17.4 Å². The van der Waals surface area contributed by atoms with Gasteiger partial charge in [0.05, 0.1) is 15.9 Å². The van der Waals surface area contributed by atoms with Crippen molar-refractivity contribution in [3.8, 4) is 0 Å². The molecule has 2 aromatic rings. The van der Waals surface area contributed by atoms with E-state index >= 15 is 0 Å². The quantitative estimate of drug-likeness (QED) is 0.636. The molecule has 0 fully saturated rings. The van der Waals surface area contributed by atoms with Crippen LogP contribution in [0, 0.1) is 34.1 Å². The Balaban J connectivity index is 2.48. The molecule has 1 atom stereocenters. The third-order valence-corrected chi connectivity index (χ3v) is 3.40. The summed E-state index contributed by atoms with van der Waals surface area (Å²) in [5, 5.41) is 26.0. The van der Waals surface area contributed by atoms with E-state index in [1.54, 1.807) is 32.9 Å². The van der Waals surface area contributed by atoms with Crippen LogP contribution in [0.3, 0.4) is 0 Å². The Bertz CT molecular complexity index is 723. The van der Waals surface area contributed by atoms with Crippen molar-refractivity contribution < 1.29 is 9.85 Å². The maximum Gasteiger partial charge on any atom is 0.312 e. The Labute approximate surface area is 120 Å². The Morgan fingerprint density at radius 2 is 1.86 bits per heavy atom. The number of rotatable bonds is 4. The third-order valence-electron chi connectivity index (χ3n) is 3.40. The summed E-state index contributed by atoms with van der Waals surface area (Å²) < 4.78 is 1.52. The van der Waals surface area contributed by atoms with Gasteiger partial charge >= 0.3 is 5.69 Å². The Hall–Kier alpha value is -2.77. The topological polar surface area (TPSA) is 104 Å². The van der Waals surface area contributed by atoms with Gasteiger partial charge in [-0.1, -0.05) is 12.1 Å². The lowest BCUT2D eigenvalue weighted by atomic mass is 10.1. The van der Waals surface area contributed by atoms with Crippen molar-refractivity contribution in [2.45, 2.75) is 26.8 Å².